The van der Waals surface area contributed by atoms with Crippen LogP contribution in [-0.2, 0) is 22.6 Å². The van der Waals surface area contributed by atoms with E-state index < -0.39 is 58.4 Å². The van der Waals surface area contributed by atoms with Gasteiger partial charge in [0, 0.05) is 18.0 Å². The van der Waals surface area contributed by atoms with Crippen LogP contribution in [0, 0.1) is 35.0 Å². The zero-order chi connectivity index (χ0) is 27.5. The molecule has 10 nitrogen and oxygen atoms in total. The molecule has 1 aromatic carbocycles. The lowest BCUT2D eigenvalue weighted by molar-refractivity contribution is -0.127. The summed E-state index contributed by atoms with van der Waals surface area (Å²) in [5.74, 6) is -5.55. The Morgan fingerprint density at radius 1 is 1.16 bits per heavy atom. The fraction of sp³-hybridized carbons (Fsp3) is 0.500. The molecular weight excluding hydrogens is 488 g/mol. The molecule has 1 fully saturated rings. The van der Waals surface area contributed by atoms with E-state index in [1.807, 2.05) is 6.07 Å². The summed E-state index contributed by atoms with van der Waals surface area (Å²) in [6, 6.07) is 4.89. The average molecular weight is 521 g/mol. The molecule has 0 saturated carbocycles. The number of rotatable bonds is 4. The van der Waals surface area contributed by atoms with Crippen molar-refractivity contribution in [1.29, 1.82) is 5.26 Å². The fourth-order valence-electron chi connectivity index (χ4n) is 6.94. The van der Waals surface area contributed by atoms with Crippen molar-refractivity contribution in [3.63, 3.8) is 0 Å². The van der Waals surface area contributed by atoms with E-state index in [-0.39, 0.29) is 22.8 Å². The maximum Gasteiger partial charge on any atom is 0.255 e. The van der Waals surface area contributed by atoms with E-state index in [0.717, 1.165) is 37.1 Å². The minimum Gasteiger partial charge on any atom is -0.511 e. The quantitative estimate of drug-likeness (QED) is 0.432. The number of aliphatic hydroxyl groups excluding tert-OH is 2. The van der Waals surface area contributed by atoms with Gasteiger partial charge in [-0.3, -0.25) is 24.2 Å². The van der Waals surface area contributed by atoms with Crippen LogP contribution in [-0.4, -0.2) is 75.8 Å². The number of piperidine rings is 1. The Kier molecular flexibility index (Phi) is 6.53. The highest BCUT2D eigenvalue weighted by Gasteiger charge is 2.54. The molecule has 5 N–H and O–H groups in total. The van der Waals surface area contributed by atoms with Gasteiger partial charge >= 0.3 is 0 Å². The second-order valence-corrected chi connectivity index (χ2v) is 11.1. The number of ketones is 2. The minimum absolute atomic E-state index is 0.0517. The Labute approximate surface area is 220 Å². The Hall–Kier alpha value is -3.68. The van der Waals surface area contributed by atoms with E-state index in [2.05, 4.69) is 11.0 Å². The molecule has 10 heteroatoms. The number of hydrogen-bond acceptors (Lipinski definition) is 9. The molecule has 0 bridgehead atoms. The molecule has 1 aromatic rings. The molecule has 0 aromatic heterocycles. The van der Waals surface area contributed by atoms with Crippen LogP contribution in [0.1, 0.15) is 40.7 Å². The number of benzene rings is 1. The van der Waals surface area contributed by atoms with Gasteiger partial charge in [0.15, 0.2) is 11.6 Å². The number of carbonyl (C=O) groups is 3. The topological polar surface area (TPSA) is 168 Å². The lowest BCUT2D eigenvalue weighted by Gasteiger charge is -2.46. The van der Waals surface area contributed by atoms with Crippen molar-refractivity contribution < 1.29 is 29.7 Å². The molecule has 0 spiro atoms. The van der Waals surface area contributed by atoms with E-state index in [1.165, 1.54) is 6.07 Å². The van der Waals surface area contributed by atoms with Crippen molar-refractivity contribution >= 4 is 17.5 Å². The lowest BCUT2D eigenvalue weighted by Crippen LogP contribution is -2.53. The maximum atomic E-state index is 13.8. The third kappa shape index (κ3) is 3.97. The van der Waals surface area contributed by atoms with Crippen LogP contribution in [0.3, 0.4) is 0 Å². The summed E-state index contributed by atoms with van der Waals surface area (Å²) in [7, 11) is 3.41. The van der Waals surface area contributed by atoms with E-state index in [9.17, 15) is 35.0 Å². The molecule has 1 saturated heterocycles. The number of likely N-dealkylation sites (N-methyl/N-ethyl adjacent to an activating group) is 1. The fourth-order valence-corrected chi connectivity index (χ4v) is 6.94. The summed E-state index contributed by atoms with van der Waals surface area (Å²) in [5, 5.41) is 42.1. The Morgan fingerprint density at radius 2 is 1.84 bits per heavy atom. The van der Waals surface area contributed by atoms with Crippen molar-refractivity contribution in [3.8, 4) is 11.8 Å². The van der Waals surface area contributed by atoms with Crippen LogP contribution >= 0.6 is 0 Å². The van der Waals surface area contributed by atoms with Gasteiger partial charge in [-0.2, -0.15) is 5.26 Å². The number of nitrogens with two attached hydrogens (primary N) is 1. The van der Waals surface area contributed by atoms with E-state index >= 15 is 0 Å². The van der Waals surface area contributed by atoms with Crippen LogP contribution in [0.15, 0.2) is 34.8 Å². The van der Waals surface area contributed by atoms with Gasteiger partial charge in [-0.25, -0.2) is 0 Å². The summed E-state index contributed by atoms with van der Waals surface area (Å²) in [6.45, 7) is 2.10. The largest absolute Gasteiger partial charge is 0.511 e. The number of primary amides is 1. The highest BCUT2D eigenvalue weighted by atomic mass is 16.3. The number of carbonyl (C=O) groups excluding carboxylic acids is 3. The van der Waals surface area contributed by atoms with Gasteiger partial charge < -0.3 is 21.1 Å². The zero-order valence-corrected chi connectivity index (χ0v) is 21.5. The smallest absolute Gasteiger partial charge is 0.255 e. The van der Waals surface area contributed by atoms with Gasteiger partial charge in [0.25, 0.3) is 5.91 Å². The Balaban J connectivity index is 1.55. The number of hydrogen-bond donors (Lipinski definition) is 4. The number of aliphatic hydroxyl groups is 2. The summed E-state index contributed by atoms with van der Waals surface area (Å²) in [5.41, 5.74) is 6.70. The normalized spacial score (nSPS) is 28.2. The number of allylic oxidation sites excluding steroid dienone is 2. The van der Waals surface area contributed by atoms with Gasteiger partial charge in [-0.1, -0.05) is 6.07 Å². The molecule has 3 unspecified atom stereocenters. The van der Waals surface area contributed by atoms with Crippen molar-refractivity contribution in [3.05, 3.63) is 51.5 Å². The van der Waals surface area contributed by atoms with Crippen LogP contribution in [0.5, 0.6) is 5.75 Å². The predicted molar refractivity (Wildman–Crippen MR) is 136 cm³/mol. The third-order valence-corrected chi connectivity index (χ3v) is 8.71. The predicted octanol–water partition coefficient (Wildman–Crippen LogP) is 1.74. The van der Waals surface area contributed by atoms with Crippen molar-refractivity contribution in [2.45, 2.75) is 38.3 Å². The number of aromatic hydroxyl groups is 1. The van der Waals surface area contributed by atoms with Gasteiger partial charge in [-0.05, 0) is 81.9 Å². The SMILES string of the molecule is CN(C)[C@@H]1C(O)=C(C(N)=O)C(=O)C2C(O)=C3C(=O)c4c(O)ccc(CN5CCC(C#N)CC5)c4CC3CC21. The lowest BCUT2D eigenvalue weighted by atomic mass is 9.60. The van der Waals surface area contributed by atoms with E-state index in [4.69, 9.17) is 5.73 Å². The first kappa shape index (κ1) is 25.9. The summed E-state index contributed by atoms with van der Waals surface area (Å²) >= 11 is 0. The maximum absolute atomic E-state index is 13.8. The molecule has 0 radical (unpaired) electrons. The molecule has 4 atom stereocenters. The number of nitriles is 1. The molecule has 1 aliphatic heterocycles. The standard InChI is InChI=1S/C28H32N4O6/c1-31(2)23-17-10-15-9-16-14(12-32-7-5-13(11-29)6-8-32)3-4-18(33)20(16)24(34)19(15)25(35)21(17)26(36)22(27(23)37)28(30)38/h3-4,13,15,17,21,23,33,35,37H,5-10,12H2,1-2H3,(H2,30,38)/t15?,17?,21?,23-/m0/s1. The van der Waals surface area contributed by atoms with Gasteiger partial charge in [0.05, 0.1) is 23.6 Å². The number of amides is 1. The molecular formula is C28H32N4O6. The molecule has 1 amide bonds. The van der Waals surface area contributed by atoms with Crippen LogP contribution in [0.4, 0.5) is 0 Å². The first-order chi connectivity index (χ1) is 18.0. The van der Waals surface area contributed by atoms with Crippen molar-refractivity contribution in [2.24, 2.45) is 29.4 Å². The van der Waals surface area contributed by atoms with Crippen molar-refractivity contribution in [2.75, 3.05) is 27.2 Å². The highest BCUT2D eigenvalue weighted by Crippen LogP contribution is 2.50. The third-order valence-electron chi connectivity index (χ3n) is 8.71. The average Bonchev–Trinajstić information content (AvgIpc) is 2.85. The second kappa shape index (κ2) is 9.57. The molecule has 200 valence electrons. The number of likely N-dealkylation sites (tertiary alicyclic amines) is 1. The van der Waals surface area contributed by atoms with Crippen LogP contribution in [0.2, 0.25) is 0 Å². The number of nitrogens with zero attached hydrogens (tertiary/aromatic N) is 3. The van der Waals surface area contributed by atoms with Gasteiger partial charge in [0.1, 0.15) is 22.8 Å². The van der Waals surface area contributed by atoms with Crippen LogP contribution < -0.4 is 5.73 Å². The van der Waals surface area contributed by atoms with Crippen molar-refractivity contribution in [1.82, 2.24) is 9.80 Å². The van der Waals surface area contributed by atoms with E-state index in [0.29, 0.717) is 19.4 Å². The number of Topliss-reactive ketones (excluding diaryl/α,β-unsaturated/α-hetero) is 2. The summed E-state index contributed by atoms with van der Waals surface area (Å²) in [6.07, 6.45) is 2.27. The molecule has 38 heavy (non-hydrogen) atoms. The van der Waals surface area contributed by atoms with Crippen LogP contribution in [0.25, 0.3) is 0 Å². The number of phenols is 1. The molecule has 5 rings (SSSR count). The molecule has 1 heterocycles. The van der Waals surface area contributed by atoms with Gasteiger partial charge in [-0.15, -0.1) is 0 Å². The Bertz CT molecular complexity index is 1330. The summed E-state index contributed by atoms with van der Waals surface area (Å²) in [4.78, 5) is 43.1. The zero-order valence-electron chi connectivity index (χ0n) is 21.5. The number of phenolic OH excluding ortho intramolecular Hbond substituents is 1. The number of fused-ring (bicyclic) bond motifs is 3. The molecule has 4 aliphatic rings. The van der Waals surface area contributed by atoms with E-state index in [1.54, 1.807) is 19.0 Å². The molecule has 3 aliphatic carbocycles. The second-order valence-electron chi connectivity index (χ2n) is 11.1. The minimum atomic E-state index is -1.19. The first-order valence-electron chi connectivity index (χ1n) is 12.9. The van der Waals surface area contributed by atoms with Gasteiger partial charge in [0.2, 0.25) is 0 Å². The Morgan fingerprint density at radius 3 is 2.45 bits per heavy atom. The summed E-state index contributed by atoms with van der Waals surface area (Å²) < 4.78 is 0. The monoisotopic (exact) mass is 520 g/mol. The highest BCUT2D eigenvalue weighted by molar-refractivity contribution is 6.22. The first-order valence-corrected chi connectivity index (χ1v) is 12.9.